The van der Waals surface area contributed by atoms with Crippen molar-refractivity contribution in [1.82, 2.24) is 15.1 Å². The first kappa shape index (κ1) is 15.7. The molecule has 0 unspecified atom stereocenters. The van der Waals surface area contributed by atoms with E-state index in [0.29, 0.717) is 13.1 Å². The van der Waals surface area contributed by atoms with Crippen LogP contribution >= 0.6 is 15.9 Å². The second-order valence-electron chi connectivity index (χ2n) is 4.71. The van der Waals surface area contributed by atoms with Crippen LogP contribution in [0.15, 0.2) is 28.7 Å². The van der Waals surface area contributed by atoms with Gasteiger partial charge in [-0.15, -0.1) is 0 Å². The lowest BCUT2D eigenvalue weighted by Gasteiger charge is -2.06. The Morgan fingerprint density at radius 3 is 2.52 bits per heavy atom. The number of aryl methyl sites for hydroxylation is 2. The van der Waals surface area contributed by atoms with E-state index in [-0.39, 0.29) is 5.69 Å². The van der Waals surface area contributed by atoms with Crippen LogP contribution in [-0.4, -0.2) is 14.7 Å². The molecule has 0 aliphatic carbocycles. The molecule has 0 atom stereocenters. The molecule has 1 aromatic heterocycles. The fourth-order valence-corrected chi connectivity index (χ4v) is 2.83. The van der Waals surface area contributed by atoms with Crippen LogP contribution < -0.4 is 5.32 Å². The standard InChI is InChI=1S/C14H17BrN4O2/c1-3-12-14(15)13(18(2)17-12)9-16-8-10-4-6-11(7-5-10)19(20)21/h4-7,16H,3,8-9H2,1-2H3. The number of aromatic nitrogens is 2. The second kappa shape index (κ2) is 6.82. The summed E-state index contributed by atoms with van der Waals surface area (Å²) >= 11 is 3.58. The number of rotatable bonds is 6. The molecule has 0 aliphatic heterocycles. The normalized spacial score (nSPS) is 10.8. The molecule has 2 rings (SSSR count). The molecule has 2 aromatic rings. The number of benzene rings is 1. The molecule has 1 aromatic carbocycles. The molecular formula is C14H17BrN4O2. The van der Waals surface area contributed by atoms with Crippen molar-refractivity contribution in [3.8, 4) is 0 Å². The minimum Gasteiger partial charge on any atom is -0.307 e. The van der Waals surface area contributed by atoms with Gasteiger partial charge >= 0.3 is 0 Å². The lowest BCUT2D eigenvalue weighted by atomic mass is 10.2. The Balaban J connectivity index is 1.95. The average Bonchev–Trinajstić information content (AvgIpc) is 2.75. The Labute approximate surface area is 131 Å². The summed E-state index contributed by atoms with van der Waals surface area (Å²) in [6.07, 6.45) is 0.886. The van der Waals surface area contributed by atoms with Crippen LogP contribution in [0.1, 0.15) is 23.9 Å². The molecule has 1 N–H and O–H groups in total. The number of nitrogens with one attached hydrogen (secondary N) is 1. The first-order valence-electron chi connectivity index (χ1n) is 6.67. The smallest absolute Gasteiger partial charge is 0.269 e. The van der Waals surface area contributed by atoms with Gasteiger partial charge in [-0.25, -0.2) is 0 Å². The molecule has 21 heavy (non-hydrogen) atoms. The van der Waals surface area contributed by atoms with Crippen LogP contribution in [0, 0.1) is 10.1 Å². The van der Waals surface area contributed by atoms with E-state index in [1.807, 2.05) is 11.7 Å². The molecule has 0 radical (unpaired) electrons. The van der Waals surface area contributed by atoms with Crippen LogP contribution in [0.3, 0.4) is 0 Å². The maximum absolute atomic E-state index is 10.6. The number of nitro benzene ring substituents is 1. The van der Waals surface area contributed by atoms with E-state index in [1.54, 1.807) is 12.1 Å². The lowest BCUT2D eigenvalue weighted by molar-refractivity contribution is -0.384. The van der Waals surface area contributed by atoms with Crippen molar-refractivity contribution in [3.05, 3.63) is 55.8 Å². The maximum atomic E-state index is 10.6. The van der Waals surface area contributed by atoms with Crippen molar-refractivity contribution in [2.45, 2.75) is 26.4 Å². The van der Waals surface area contributed by atoms with E-state index < -0.39 is 4.92 Å². The van der Waals surface area contributed by atoms with Crippen LogP contribution in [0.5, 0.6) is 0 Å². The Kier molecular flexibility index (Phi) is 5.08. The highest BCUT2D eigenvalue weighted by Crippen LogP contribution is 2.21. The van der Waals surface area contributed by atoms with E-state index in [2.05, 4.69) is 33.3 Å². The first-order valence-corrected chi connectivity index (χ1v) is 7.46. The van der Waals surface area contributed by atoms with Gasteiger partial charge in [-0.2, -0.15) is 5.10 Å². The third-order valence-corrected chi connectivity index (χ3v) is 4.19. The summed E-state index contributed by atoms with van der Waals surface area (Å²) in [5, 5.41) is 18.4. The average molecular weight is 353 g/mol. The van der Waals surface area contributed by atoms with Gasteiger partial charge in [0.25, 0.3) is 5.69 Å². The SMILES string of the molecule is CCc1nn(C)c(CNCc2ccc([N+](=O)[O-])cc2)c1Br. The second-order valence-corrected chi connectivity index (χ2v) is 5.50. The van der Waals surface area contributed by atoms with Gasteiger partial charge < -0.3 is 5.32 Å². The minimum atomic E-state index is -0.393. The number of hydrogen-bond donors (Lipinski definition) is 1. The van der Waals surface area contributed by atoms with E-state index in [9.17, 15) is 10.1 Å². The predicted octanol–water partition coefficient (Wildman–Crippen LogP) is 2.94. The summed E-state index contributed by atoms with van der Waals surface area (Å²) in [5.41, 5.74) is 3.26. The number of non-ortho nitro benzene ring substituents is 1. The summed E-state index contributed by atoms with van der Waals surface area (Å²) in [7, 11) is 1.92. The highest BCUT2D eigenvalue weighted by Gasteiger charge is 2.11. The number of nitro groups is 1. The Morgan fingerprint density at radius 1 is 1.33 bits per heavy atom. The first-order chi connectivity index (χ1) is 10.0. The third-order valence-electron chi connectivity index (χ3n) is 3.27. The Morgan fingerprint density at radius 2 is 2.00 bits per heavy atom. The highest BCUT2D eigenvalue weighted by molar-refractivity contribution is 9.10. The fourth-order valence-electron chi connectivity index (χ4n) is 2.07. The fraction of sp³-hybridized carbons (Fsp3) is 0.357. The summed E-state index contributed by atoms with van der Waals surface area (Å²) in [6, 6.07) is 6.57. The van der Waals surface area contributed by atoms with Gasteiger partial charge in [-0.1, -0.05) is 19.1 Å². The third kappa shape index (κ3) is 3.68. The van der Waals surface area contributed by atoms with Gasteiger partial charge in [0.1, 0.15) is 0 Å². The van der Waals surface area contributed by atoms with Gasteiger partial charge in [0.2, 0.25) is 0 Å². The molecule has 0 spiro atoms. The van der Waals surface area contributed by atoms with E-state index in [1.165, 1.54) is 12.1 Å². The summed E-state index contributed by atoms with van der Waals surface area (Å²) in [4.78, 5) is 10.2. The zero-order chi connectivity index (χ0) is 15.4. The number of halogens is 1. The number of hydrogen-bond acceptors (Lipinski definition) is 4. The van der Waals surface area contributed by atoms with Crippen molar-refractivity contribution in [2.24, 2.45) is 7.05 Å². The van der Waals surface area contributed by atoms with Gasteiger partial charge in [-0.3, -0.25) is 14.8 Å². The van der Waals surface area contributed by atoms with Crippen LogP contribution in [0.4, 0.5) is 5.69 Å². The molecule has 0 fully saturated rings. The molecule has 112 valence electrons. The van der Waals surface area contributed by atoms with Gasteiger partial charge in [0.05, 0.1) is 20.8 Å². The molecule has 0 aliphatic rings. The maximum Gasteiger partial charge on any atom is 0.269 e. The summed E-state index contributed by atoms with van der Waals surface area (Å²) in [5.74, 6) is 0. The highest BCUT2D eigenvalue weighted by atomic mass is 79.9. The van der Waals surface area contributed by atoms with Crippen LogP contribution in [0.25, 0.3) is 0 Å². The van der Waals surface area contributed by atoms with Crippen molar-refractivity contribution in [2.75, 3.05) is 0 Å². The van der Waals surface area contributed by atoms with E-state index in [0.717, 1.165) is 27.8 Å². The van der Waals surface area contributed by atoms with Gasteiger partial charge in [-0.05, 0) is 27.9 Å². The molecule has 1 heterocycles. The molecule has 0 bridgehead atoms. The molecule has 6 nitrogen and oxygen atoms in total. The van der Waals surface area contributed by atoms with Crippen molar-refractivity contribution < 1.29 is 4.92 Å². The van der Waals surface area contributed by atoms with Gasteiger partial charge in [0, 0.05) is 32.3 Å². The molecular weight excluding hydrogens is 336 g/mol. The zero-order valence-electron chi connectivity index (χ0n) is 12.0. The Hall–Kier alpha value is -1.73. The molecule has 0 saturated carbocycles. The predicted molar refractivity (Wildman–Crippen MR) is 83.9 cm³/mol. The molecule has 0 saturated heterocycles. The van der Waals surface area contributed by atoms with Crippen molar-refractivity contribution in [3.63, 3.8) is 0 Å². The van der Waals surface area contributed by atoms with Crippen LogP contribution in [0.2, 0.25) is 0 Å². The van der Waals surface area contributed by atoms with E-state index >= 15 is 0 Å². The van der Waals surface area contributed by atoms with Crippen molar-refractivity contribution in [1.29, 1.82) is 0 Å². The molecule has 0 amide bonds. The Bertz CT molecular complexity index is 637. The zero-order valence-corrected chi connectivity index (χ0v) is 13.6. The van der Waals surface area contributed by atoms with Crippen molar-refractivity contribution >= 4 is 21.6 Å². The van der Waals surface area contributed by atoms with E-state index in [4.69, 9.17) is 0 Å². The quantitative estimate of drug-likeness (QED) is 0.640. The summed E-state index contributed by atoms with van der Waals surface area (Å²) in [6.45, 7) is 3.40. The van der Waals surface area contributed by atoms with Gasteiger partial charge in [0.15, 0.2) is 0 Å². The minimum absolute atomic E-state index is 0.112. The van der Waals surface area contributed by atoms with Crippen LogP contribution in [-0.2, 0) is 26.6 Å². The summed E-state index contributed by atoms with van der Waals surface area (Å²) < 4.78 is 2.91. The topological polar surface area (TPSA) is 73.0 Å². The molecule has 7 heteroatoms. The number of nitrogens with zero attached hydrogens (tertiary/aromatic N) is 3. The largest absolute Gasteiger partial charge is 0.307 e. The lowest BCUT2D eigenvalue weighted by Crippen LogP contribution is -2.15. The monoisotopic (exact) mass is 352 g/mol.